The molecule has 2 rings (SSSR count). The summed E-state index contributed by atoms with van der Waals surface area (Å²) in [5.74, 6) is 1.74. The van der Waals surface area contributed by atoms with Crippen LogP contribution in [0.15, 0.2) is 47.4 Å². The van der Waals surface area contributed by atoms with Crippen molar-refractivity contribution in [3.63, 3.8) is 0 Å². The average molecular weight is 280 g/mol. The van der Waals surface area contributed by atoms with Crippen molar-refractivity contribution < 1.29 is 4.74 Å². The van der Waals surface area contributed by atoms with Gasteiger partial charge in [0.15, 0.2) is 0 Å². The number of hydrogen-bond donors (Lipinski definition) is 1. The van der Waals surface area contributed by atoms with Gasteiger partial charge in [-0.15, -0.1) is 11.8 Å². The predicted octanol–water partition coefficient (Wildman–Crippen LogP) is 4.22. The summed E-state index contributed by atoms with van der Waals surface area (Å²) in [4.78, 5) is 1.20. The summed E-state index contributed by atoms with van der Waals surface area (Å²) in [7, 11) is 1.67. The summed E-state index contributed by atoms with van der Waals surface area (Å²) < 4.78 is 5.12. The first-order valence-corrected chi connectivity index (χ1v) is 6.86. The fraction of sp³-hybridized carbons (Fsp3) is 0.143. The number of nitrogen functional groups attached to an aromatic ring is 1. The second-order valence-electron chi connectivity index (χ2n) is 3.82. The van der Waals surface area contributed by atoms with Gasteiger partial charge in [-0.25, -0.2) is 0 Å². The third-order valence-corrected chi connectivity index (χ3v) is 3.95. The SMILES string of the molecule is COc1ccc(SCc2ccc(Cl)c(N)c2)cc1. The lowest BCUT2D eigenvalue weighted by molar-refractivity contribution is 0.414. The minimum atomic E-state index is 0.605. The number of benzene rings is 2. The van der Waals surface area contributed by atoms with Gasteiger partial charge in [-0.05, 0) is 42.0 Å². The molecule has 4 heteroatoms. The topological polar surface area (TPSA) is 35.2 Å². The highest BCUT2D eigenvalue weighted by Crippen LogP contribution is 2.27. The van der Waals surface area contributed by atoms with Crippen LogP contribution < -0.4 is 10.5 Å². The van der Waals surface area contributed by atoms with E-state index in [0.29, 0.717) is 10.7 Å². The molecule has 0 radical (unpaired) electrons. The largest absolute Gasteiger partial charge is 0.497 e. The number of hydrogen-bond acceptors (Lipinski definition) is 3. The van der Waals surface area contributed by atoms with E-state index in [1.54, 1.807) is 18.9 Å². The highest BCUT2D eigenvalue weighted by Gasteiger charge is 2.00. The normalized spacial score (nSPS) is 10.3. The van der Waals surface area contributed by atoms with Gasteiger partial charge in [0.2, 0.25) is 0 Å². The van der Waals surface area contributed by atoms with E-state index in [0.717, 1.165) is 17.1 Å². The minimum absolute atomic E-state index is 0.605. The van der Waals surface area contributed by atoms with Crippen LogP contribution in [-0.4, -0.2) is 7.11 Å². The van der Waals surface area contributed by atoms with Gasteiger partial charge in [0, 0.05) is 10.6 Å². The second kappa shape index (κ2) is 6.03. The van der Waals surface area contributed by atoms with Crippen LogP contribution in [0.25, 0.3) is 0 Å². The van der Waals surface area contributed by atoms with Crippen LogP contribution in [-0.2, 0) is 5.75 Å². The standard InChI is InChI=1S/C14H14ClNOS/c1-17-11-3-5-12(6-4-11)18-9-10-2-7-13(15)14(16)8-10/h2-8H,9,16H2,1H3. The van der Waals surface area contributed by atoms with Crippen LogP contribution in [0.4, 0.5) is 5.69 Å². The molecular weight excluding hydrogens is 266 g/mol. The third kappa shape index (κ3) is 3.34. The number of thioether (sulfide) groups is 1. The molecule has 0 aromatic heterocycles. The Bertz CT molecular complexity index is 528. The minimum Gasteiger partial charge on any atom is -0.497 e. The van der Waals surface area contributed by atoms with E-state index in [1.807, 2.05) is 42.5 Å². The van der Waals surface area contributed by atoms with E-state index in [4.69, 9.17) is 22.1 Å². The van der Waals surface area contributed by atoms with Gasteiger partial charge in [0.05, 0.1) is 17.8 Å². The molecule has 2 N–H and O–H groups in total. The van der Waals surface area contributed by atoms with Gasteiger partial charge in [-0.3, -0.25) is 0 Å². The molecule has 0 aliphatic heterocycles. The average Bonchev–Trinajstić information content (AvgIpc) is 2.41. The first kappa shape index (κ1) is 13.1. The molecule has 2 aromatic carbocycles. The van der Waals surface area contributed by atoms with Crippen molar-refractivity contribution in [3.8, 4) is 5.75 Å². The Morgan fingerprint density at radius 3 is 2.50 bits per heavy atom. The van der Waals surface area contributed by atoms with Crippen molar-refractivity contribution in [3.05, 3.63) is 53.1 Å². The Hall–Kier alpha value is -1.32. The summed E-state index contributed by atoms with van der Waals surface area (Å²) in [6, 6.07) is 13.7. The number of anilines is 1. The highest BCUT2D eigenvalue weighted by atomic mass is 35.5. The first-order chi connectivity index (χ1) is 8.69. The van der Waals surface area contributed by atoms with Crippen LogP contribution in [0.2, 0.25) is 5.02 Å². The number of nitrogens with two attached hydrogens (primary N) is 1. The van der Waals surface area contributed by atoms with E-state index < -0.39 is 0 Å². The smallest absolute Gasteiger partial charge is 0.118 e. The zero-order valence-electron chi connectivity index (χ0n) is 10.0. The summed E-state index contributed by atoms with van der Waals surface area (Å²) in [5, 5.41) is 0.605. The predicted molar refractivity (Wildman–Crippen MR) is 78.4 cm³/mol. The molecule has 0 aliphatic carbocycles. The van der Waals surface area contributed by atoms with Gasteiger partial charge in [-0.2, -0.15) is 0 Å². The first-order valence-electron chi connectivity index (χ1n) is 5.50. The maximum atomic E-state index is 5.89. The van der Waals surface area contributed by atoms with Crippen molar-refractivity contribution in [2.75, 3.05) is 12.8 Å². The molecule has 0 amide bonds. The van der Waals surface area contributed by atoms with Gasteiger partial charge in [0.1, 0.15) is 5.75 Å². The van der Waals surface area contributed by atoms with Crippen LogP contribution in [0, 0.1) is 0 Å². The maximum Gasteiger partial charge on any atom is 0.118 e. The molecule has 0 bridgehead atoms. The van der Waals surface area contributed by atoms with Crippen LogP contribution in [0.5, 0.6) is 5.75 Å². The van der Waals surface area contributed by atoms with E-state index in [-0.39, 0.29) is 0 Å². The monoisotopic (exact) mass is 279 g/mol. The van der Waals surface area contributed by atoms with Crippen molar-refractivity contribution >= 4 is 29.1 Å². The van der Waals surface area contributed by atoms with Crippen molar-refractivity contribution in [2.45, 2.75) is 10.6 Å². The molecule has 94 valence electrons. The van der Waals surface area contributed by atoms with Gasteiger partial charge >= 0.3 is 0 Å². The van der Waals surface area contributed by atoms with E-state index in [2.05, 4.69) is 0 Å². The molecule has 18 heavy (non-hydrogen) atoms. The Kier molecular flexibility index (Phi) is 4.39. The molecule has 0 aliphatic rings. The molecule has 0 unspecified atom stereocenters. The molecule has 0 fully saturated rings. The molecule has 2 nitrogen and oxygen atoms in total. The summed E-state index contributed by atoms with van der Waals surface area (Å²) in [6.07, 6.45) is 0. The lowest BCUT2D eigenvalue weighted by Gasteiger charge is -2.05. The molecule has 0 saturated heterocycles. The summed E-state index contributed by atoms with van der Waals surface area (Å²) >= 11 is 7.64. The number of halogens is 1. The Morgan fingerprint density at radius 1 is 1.17 bits per heavy atom. The fourth-order valence-electron chi connectivity index (χ4n) is 1.52. The molecule has 0 heterocycles. The number of ether oxygens (including phenoxy) is 1. The van der Waals surface area contributed by atoms with Crippen molar-refractivity contribution in [1.29, 1.82) is 0 Å². The third-order valence-electron chi connectivity index (χ3n) is 2.53. The second-order valence-corrected chi connectivity index (χ2v) is 5.28. The fourth-order valence-corrected chi connectivity index (χ4v) is 2.48. The van der Waals surface area contributed by atoms with E-state index in [9.17, 15) is 0 Å². The van der Waals surface area contributed by atoms with E-state index >= 15 is 0 Å². The molecule has 0 atom stereocenters. The van der Waals surface area contributed by atoms with Gasteiger partial charge in [-0.1, -0.05) is 17.7 Å². The number of methoxy groups -OCH3 is 1. The van der Waals surface area contributed by atoms with Gasteiger partial charge < -0.3 is 10.5 Å². The molecule has 2 aromatic rings. The molecule has 0 spiro atoms. The van der Waals surface area contributed by atoms with Gasteiger partial charge in [0.25, 0.3) is 0 Å². The van der Waals surface area contributed by atoms with Crippen LogP contribution in [0.1, 0.15) is 5.56 Å². The highest BCUT2D eigenvalue weighted by molar-refractivity contribution is 7.98. The van der Waals surface area contributed by atoms with Crippen molar-refractivity contribution in [2.24, 2.45) is 0 Å². The maximum absolute atomic E-state index is 5.89. The summed E-state index contributed by atoms with van der Waals surface area (Å²) in [5.41, 5.74) is 7.56. The number of rotatable bonds is 4. The van der Waals surface area contributed by atoms with Crippen LogP contribution >= 0.6 is 23.4 Å². The Morgan fingerprint density at radius 2 is 1.89 bits per heavy atom. The lowest BCUT2D eigenvalue weighted by Crippen LogP contribution is -1.89. The van der Waals surface area contributed by atoms with Crippen LogP contribution in [0.3, 0.4) is 0 Å². The zero-order valence-corrected chi connectivity index (χ0v) is 11.6. The molecular formula is C14H14ClNOS. The zero-order chi connectivity index (χ0) is 13.0. The lowest BCUT2D eigenvalue weighted by atomic mass is 10.2. The Balaban J connectivity index is 1.99. The summed E-state index contributed by atoms with van der Waals surface area (Å²) in [6.45, 7) is 0. The van der Waals surface area contributed by atoms with Crippen molar-refractivity contribution in [1.82, 2.24) is 0 Å². The Labute approximate surface area is 116 Å². The molecule has 0 saturated carbocycles. The quantitative estimate of drug-likeness (QED) is 0.672. The van der Waals surface area contributed by atoms with E-state index in [1.165, 1.54) is 4.90 Å².